The van der Waals surface area contributed by atoms with E-state index in [0.29, 0.717) is 6.04 Å². The van der Waals surface area contributed by atoms with Gasteiger partial charge in [-0.1, -0.05) is 57.2 Å². The zero-order valence-electron chi connectivity index (χ0n) is 16.6. The molecule has 3 nitrogen and oxygen atoms in total. The van der Waals surface area contributed by atoms with E-state index in [1.807, 2.05) is 0 Å². The molecule has 1 saturated carbocycles. The molecule has 1 aliphatic heterocycles. The second kappa shape index (κ2) is 9.48. The standard InChI is InChI=1S/C24H27Br2N3/c1-2-21-16-17-28(22-6-4-3-5-7-22)24(27-20-12-8-18(25)9-13-20)29(21)23-14-10-19(26)11-15-23/h2,8-15,21-22H,1,3-7,16-17H2. The van der Waals surface area contributed by atoms with Crippen LogP contribution in [0.3, 0.4) is 0 Å². The molecule has 2 aromatic rings. The van der Waals surface area contributed by atoms with E-state index in [1.165, 1.54) is 32.1 Å². The largest absolute Gasteiger partial charge is 0.339 e. The van der Waals surface area contributed by atoms with E-state index in [4.69, 9.17) is 4.99 Å². The number of hydrogen-bond acceptors (Lipinski definition) is 1. The molecule has 0 radical (unpaired) electrons. The molecule has 2 aliphatic rings. The van der Waals surface area contributed by atoms with Crippen molar-refractivity contribution in [3.63, 3.8) is 0 Å². The van der Waals surface area contributed by atoms with E-state index in [1.54, 1.807) is 0 Å². The van der Waals surface area contributed by atoms with E-state index >= 15 is 0 Å². The maximum absolute atomic E-state index is 5.18. The fraction of sp³-hybridized carbons (Fsp3) is 0.375. The summed E-state index contributed by atoms with van der Waals surface area (Å²) in [5.74, 6) is 1.05. The Morgan fingerprint density at radius 2 is 1.48 bits per heavy atom. The minimum absolute atomic E-state index is 0.241. The molecule has 2 aromatic carbocycles. The molecule has 152 valence electrons. The monoisotopic (exact) mass is 515 g/mol. The van der Waals surface area contributed by atoms with Gasteiger partial charge in [-0.05, 0) is 67.8 Å². The van der Waals surface area contributed by atoms with Gasteiger partial charge in [0.1, 0.15) is 0 Å². The van der Waals surface area contributed by atoms with Crippen molar-refractivity contribution in [2.45, 2.75) is 50.6 Å². The van der Waals surface area contributed by atoms with Crippen molar-refractivity contribution in [2.75, 3.05) is 11.4 Å². The summed E-state index contributed by atoms with van der Waals surface area (Å²) < 4.78 is 2.16. The average molecular weight is 517 g/mol. The minimum Gasteiger partial charge on any atom is -0.339 e. The van der Waals surface area contributed by atoms with Crippen LogP contribution in [0.4, 0.5) is 11.4 Å². The SMILES string of the molecule is C=CC1CCN(C2CCCCC2)C(=Nc2ccc(Br)cc2)N1c1ccc(Br)cc1. The van der Waals surface area contributed by atoms with E-state index in [2.05, 4.69) is 103 Å². The molecule has 0 bridgehead atoms. The van der Waals surface area contributed by atoms with Crippen molar-refractivity contribution < 1.29 is 0 Å². The third-order valence-electron chi connectivity index (χ3n) is 5.92. The summed E-state index contributed by atoms with van der Waals surface area (Å²) in [5, 5.41) is 0. The number of nitrogens with zero attached hydrogens (tertiary/aromatic N) is 3. The Bertz CT molecular complexity index is 855. The van der Waals surface area contributed by atoms with Crippen LogP contribution in [0.1, 0.15) is 38.5 Å². The van der Waals surface area contributed by atoms with Crippen LogP contribution in [-0.2, 0) is 0 Å². The number of benzene rings is 2. The quantitative estimate of drug-likeness (QED) is 0.397. The summed E-state index contributed by atoms with van der Waals surface area (Å²) in [4.78, 5) is 10.1. The van der Waals surface area contributed by atoms with Gasteiger partial charge in [0.15, 0.2) is 0 Å². The van der Waals surface area contributed by atoms with Gasteiger partial charge in [-0.3, -0.25) is 0 Å². The fourth-order valence-electron chi connectivity index (χ4n) is 4.41. The smallest absolute Gasteiger partial charge is 0.207 e. The van der Waals surface area contributed by atoms with Crippen molar-refractivity contribution >= 4 is 49.2 Å². The number of rotatable bonds is 4. The molecule has 5 heteroatoms. The maximum atomic E-state index is 5.18. The molecule has 0 spiro atoms. The number of aliphatic imine (C=N–C) groups is 1. The Balaban J connectivity index is 1.78. The number of anilines is 1. The Morgan fingerprint density at radius 1 is 0.862 bits per heavy atom. The highest BCUT2D eigenvalue weighted by Crippen LogP contribution is 2.33. The van der Waals surface area contributed by atoms with E-state index in [9.17, 15) is 0 Å². The van der Waals surface area contributed by atoms with Gasteiger partial charge in [-0.2, -0.15) is 0 Å². The van der Waals surface area contributed by atoms with Crippen LogP contribution in [0.15, 0.2) is 75.1 Å². The molecular formula is C24H27Br2N3. The zero-order valence-corrected chi connectivity index (χ0v) is 19.8. The molecule has 0 amide bonds. The van der Waals surface area contributed by atoms with Gasteiger partial charge in [0.2, 0.25) is 5.96 Å². The van der Waals surface area contributed by atoms with Gasteiger partial charge in [-0.25, -0.2) is 4.99 Å². The lowest BCUT2D eigenvalue weighted by Crippen LogP contribution is -2.58. The average Bonchev–Trinajstić information content (AvgIpc) is 2.76. The third-order valence-corrected chi connectivity index (χ3v) is 6.98. The van der Waals surface area contributed by atoms with Gasteiger partial charge in [-0.15, -0.1) is 6.58 Å². The highest BCUT2D eigenvalue weighted by atomic mass is 79.9. The van der Waals surface area contributed by atoms with Crippen molar-refractivity contribution in [1.82, 2.24) is 4.90 Å². The van der Waals surface area contributed by atoms with Gasteiger partial charge >= 0.3 is 0 Å². The minimum atomic E-state index is 0.241. The lowest BCUT2D eigenvalue weighted by atomic mass is 9.93. The highest BCUT2D eigenvalue weighted by molar-refractivity contribution is 9.10. The maximum Gasteiger partial charge on any atom is 0.207 e. The van der Waals surface area contributed by atoms with E-state index < -0.39 is 0 Å². The highest BCUT2D eigenvalue weighted by Gasteiger charge is 2.35. The van der Waals surface area contributed by atoms with Crippen LogP contribution < -0.4 is 4.90 Å². The van der Waals surface area contributed by atoms with Crippen molar-refractivity contribution in [3.05, 3.63) is 70.1 Å². The number of guanidine groups is 1. The van der Waals surface area contributed by atoms with Crippen LogP contribution in [0.25, 0.3) is 0 Å². The number of halogens is 2. The molecular weight excluding hydrogens is 490 g/mol. The van der Waals surface area contributed by atoms with Crippen LogP contribution in [-0.4, -0.2) is 29.5 Å². The van der Waals surface area contributed by atoms with Crippen LogP contribution >= 0.6 is 31.9 Å². The van der Waals surface area contributed by atoms with E-state index in [0.717, 1.165) is 39.2 Å². The summed E-state index contributed by atoms with van der Waals surface area (Å²) >= 11 is 7.10. The Hall–Kier alpha value is -1.59. The molecule has 1 heterocycles. The molecule has 0 aromatic heterocycles. The molecule has 2 fully saturated rings. The van der Waals surface area contributed by atoms with E-state index in [-0.39, 0.29) is 6.04 Å². The third kappa shape index (κ3) is 4.77. The van der Waals surface area contributed by atoms with Gasteiger partial charge in [0, 0.05) is 27.2 Å². The molecule has 1 unspecified atom stereocenters. The fourth-order valence-corrected chi connectivity index (χ4v) is 4.94. The van der Waals surface area contributed by atoms with Crippen molar-refractivity contribution in [1.29, 1.82) is 0 Å². The van der Waals surface area contributed by atoms with Crippen molar-refractivity contribution in [2.24, 2.45) is 4.99 Å². The summed E-state index contributed by atoms with van der Waals surface area (Å²) in [6.45, 7) is 5.17. The molecule has 1 aliphatic carbocycles. The van der Waals surface area contributed by atoms with Crippen molar-refractivity contribution in [3.8, 4) is 0 Å². The first-order valence-corrected chi connectivity index (χ1v) is 12.0. The summed E-state index contributed by atoms with van der Waals surface area (Å²) in [5.41, 5.74) is 2.14. The van der Waals surface area contributed by atoms with Crippen LogP contribution in [0.5, 0.6) is 0 Å². The van der Waals surface area contributed by atoms with Gasteiger partial charge in [0.25, 0.3) is 0 Å². The first-order chi connectivity index (χ1) is 14.2. The Kier molecular flexibility index (Phi) is 6.76. The lowest BCUT2D eigenvalue weighted by molar-refractivity contribution is 0.223. The predicted octanol–water partition coefficient (Wildman–Crippen LogP) is 7.30. The zero-order chi connectivity index (χ0) is 20.2. The summed E-state index contributed by atoms with van der Waals surface area (Å²) in [6.07, 6.45) is 9.63. The lowest BCUT2D eigenvalue weighted by Gasteiger charge is -2.47. The predicted molar refractivity (Wildman–Crippen MR) is 130 cm³/mol. The topological polar surface area (TPSA) is 18.8 Å². The Morgan fingerprint density at radius 3 is 2.10 bits per heavy atom. The van der Waals surface area contributed by atoms with Crippen LogP contribution in [0.2, 0.25) is 0 Å². The summed E-state index contributed by atoms with van der Waals surface area (Å²) in [6, 6.07) is 17.6. The molecule has 1 saturated heterocycles. The molecule has 29 heavy (non-hydrogen) atoms. The molecule has 0 N–H and O–H groups in total. The van der Waals surface area contributed by atoms with Gasteiger partial charge < -0.3 is 9.80 Å². The first-order valence-electron chi connectivity index (χ1n) is 10.4. The normalized spacial score (nSPS) is 22.1. The second-order valence-corrected chi connectivity index (χ2v) is 9.64. The molecule has 1 atom stereocenters. The van der Waals surface area contributed by atoms with Crippen LogP contribution in [0, 0.1) is 0 Å². The number of hydrogen-bond donors (Lipinski definition) is 0. The van der Waals surface area contributed by atoms with Gasteiger partial charge in [0.05, 0.1) is 11.7 Å². The second-order valence-electron chi connectivity index (χ2n) is 7.81. The molecule has 4 rings (SSSR count). The first kappa shape index (κ1) is 20.7. The Labute approximate surface area is 190 Å². The summed E-state index contributed by atoms with van der Waals surface area (Å²) in [7, 11) is 0.